The molecule has 192 valence electrons. The van der Waals surface area contributed by atoms with Crippen molar-refractivity contribution in [1.29, 1.82) is 0 Å². The zero-order valence-electron chi connectivity index (χ0n) is 21.2. The fourth-order valence-corrected chi connectivity index (χ4v) is 5.34. The number of rotatable bonds is 6. The first-order valence-corrected chi connectivity index (χ1v) is 13.4. The molecule has 6 rings (SSSR count). The molecular weight excluding hydrogens is 496 g/mol. The molecule has 0 saturated heterocycles. The first-order valence-electron chi connectivity index (χ1n) is 13.0. The molecule has 3 aromatic carbocycles. The van der Waals surface area contributed by atoms with E-state index < -0.39 is 0 Å². The highest BCUT2D eigenvalue weighted by atomic mass is 35.5. The molecule has 1 fully saturated rings. The van der Waals surface area contributed by atoms with Crippen LogP contribution in [-0.2, 0) is 11.2 Å². The lowest BCUT2D eigenvalue weighted by atomic mass is 9.97. The molecule has 0 radical (unpaired) electrons. The Hall–Kier alpha value is -4.03. The molecule has 2 aliphatic rings. The summed E-state index contributed by atoms with van der Waals surface area (Å²) in [6.45, 7) is 2.09. The van der Waals surface area contributed by atoms with Gasteiger partial charge in [0.1, 0.15) is 12.6 Å². The highest BCUT2D eigenvalue weighted by Crippen LogP contribution is 2.42. The van der Waals surface area contributed by atoms with E-state index in [1.54, 1.807) is 4.90 Å². The van der Waals surface area contributed by atoms with Gasteiger partial charge in [-0.3, -0.25) is 9.69 Å². The molecule has 0 bridgehead atoms. The summed E-state index contributed by atoms with van der Waals surface area (Å²) in [7, 11) is 0. The smallest absolute Gasteiger partial charge is 0.316 e. The van der Waals surface area contributed by atoms with E-state index in [-0.39, 0.29) is 30.6 Å². The third-order valence-electron chi connectivity index (χ3n) is 7.34. The molecule has 1 aliphatic heterocycles. The average Bonchev–Trinajstić information content (AvgIpc) is 3.66. The fraction of sp³-hybridized carbons (Fsp3) is 0.226. The summed E-state index contributed by atoms with van der Waals surface area (Å²) in [6.07, 6.45) is 4.75. The predicted octanol–water partition coefficient (Wildman–Crippen LogP) is 6.83. The van der Waals surface area contributed by atoms with Crippen LogP contribution in [-0.4, -0.2) is 34.0 Å². The van der Waals surface area contributed by atoms with Crippen LogP contribution < -0.4 is 10.2 Å². The zero-order valence-corrected chi connectivity index (χ0v) is 21.9. The number of fused-ring (bicyclic) bond motifs is 3. The topological polar surface area (TPSA) is 57.6 Å². The highest BCUT2D eigenvalue weighted by Gasteiger charge is 2.40. The molecule has 38 heavy (non-hydrogen) atoms. The number of aryl methyl sites for hydroxylation is 1. The molecule has 6 nitrogen and oxygen atoms in total. The Morgan fingerprint density at radius 3 is 2.32 bits per heavy atom. The molecule has 1 aromatic heterocycles. The summed E-state index contributed by atoms with van der Waals surface area (Å²) in [5.74, 6) is -0.131. The van der Waals surface area contributed by atoms with Crippen molar-refractivity contribution >= 4 is 34.9 Å². The van der Waals surface area contributed by atoms with E-state index in [1.165, 1.54) is 5.56 Å². The van der Waals surface area contributed by atoms with E-state index in [2.05, 4.69) is 16.8 Å². The van der Waals surface area contributed by atoms with Gasteiger partial charge in [0.25, 0.3) is 0 Å². The Bertz CT molecular complexity index is 1470. The number of carbonyl (C=O) groups excluding carboxylic acids is 2. The van der Waals surface area contributed by atoms with Crippen molar-refractivity contribution in [2.24, 2.45) is 0 Å². The Balaban J connectivity index is 1.33. The summed E-state index contributed by atoms with van der Waals surface area (Å²) in [6, 6.07) is 26.9. The summed E-state index contributed by atoms with van der Waals surface area (Å²) in [4.78, 5) is 31.1. The van der Waals surface area contributed by atoms with Gasteiger partial charge in [-0.15, -0.1) is 0 Å². The standard InChI is InChI=1S/C31H29ClN4O2/c1-2-21-9-15-24(16-10-21)33-31(38)35(25-17-18-25)20-29(37)36-27-7-4-3-6-26(27)34-19-5-8-28(34)30(36)22-11-13-23(32)14-12-22/h3-16,19,25,30H,2,17-18,20H2,1H3,(H,33,38). The van der Waals surface area contributed by atoms with Crippen LogP contribution in [0.15, 0.2) is 91.1 Å². The monoisotopic (exact) mass is 524 g/mol. The molecule has 1 N–H and O–H groups in total. The van der Waals surface area contributed by atoms with Crippen molar-refractivity contribution in [3.63, 3.8) is 0 Å². The molecule has 1 atom stereocenters. The van der Waals surface area contributed by atoms with Crippen LogP contribution in [0.2, 0.25) is 5.02 Å². The van der Waals surface area contributed by atoms with Gasteiger partial charge in [0, 0.05) is 22.9 Å². The Morgan fingerprint density at radius 1 is 0.921 bits per heavy atom. The lowest BCUT2D eigenvalue weighted by molar-refractivity contribution is -0.119. The van der Waals surface area contributed by atoms with Crippen molar-refractivity contribution < 1.29 is 9.59 Å². The van der Waals surface area contributed by atoms with Gasteiger partial charge in [-0.1, -0.05) is 54.9 Å². The maximum absolute atomic E-state index is 14.2. The second-order valence-corrected chi connectivity index (χ2v) is 10.3. The quantitative estimate of drug-likeness (QED) is 0.300. The van der Waals surface area contributed by atoms with Gasteiger partial charge in [-0.05, 0) is 78.9 Å². The Morgan fingerprint density at radius 2 is 1.63 bits per heavy atom. The van der Waals surface area contributed by atoms with Gasteiger partial charge in [-0.25, -0.2) is 4.79 Å². The average molecular weight is 525 g/mol. The van der Waals surface area contributed by atoms with Crippen LogP contribution in [0.5, 0.6) is 0 Å². The number of hydrogen-bond donors (Lipinski definition) is 1. The number of aromatic nitrogens is 1. The van der Waals surface area contributed by atoms with Crippen molar-refractivity contribution in [3.8, 4) is 5.69 Å². The van der Waals surface area contributed by atoms with Crippen molar-refractivity contribution in [3.05, 3.63) is 113 Å². The Kier molecular flexibility index (Phi) is 6.42. The van der Waals surface area contributed by atoms with E-state index in [9.17, 15) is 9.59 Å². The first kappa shape index (κ1) is 24.3. The van der Waals surface area contributed by atoms with Crippen LogP contribution in [0.1, 0.15) is 42.6 Å². The van der Waals surface area contributed by atoms with Crippen molar-refractivity contribution in [2.45, 2.75) is 38.3 Å². The van der Waals surface area contributed by atoms with E-state index >= 15 is 0 Å². The van der Waals surface area contributed by atoms with Gasteiger partial charge in [0.05, 0.1) is 17.1 Å². The number of halogens is 1. The molecular formula is C31H29ClN4O2. The number of anilines is 2. The lowest BCUT2D eigenvalue weighted by Crippen LogP contribution is -2.48. The maximum atomic E-state index is 14.2. The molecule has 1 aliphatic carbocycles. The summed E-state index contributed by atoms with van der Waals surface area (Å²) < 4.78 is 2.13. The Labute approximate surface area is 227 Å². The minimum absolute atomic E-state index is 0.0112. The number of para-hydroxylation sites is 2. The molecule has 7 heteroatoms. The zero-order chi connectivity index (χ0) is 26.2. The molecule has 0 spiro atoms. The van der Waals surface area contributed by atoms with Crippen LogP contribution in [0, 0.1) is 0 Å². The normalized spacial score (nSPS) is 15.9. The number of nitrogens with zero attached hydrogens (tertiary/aromatic N) is 3. The van der Waals surface area contributed by atoms with Crippen LogP contribution in [0.25, 0.3) is 5.69 Å². The van der Waals surface area contributed by atoms with Gasteiger partial charge in [0.15, 0.2) is 0 Å². The van der Waals surface area contributed by atoms with E-state index in [0.717, 1.165) is 47.6 Å². The van der Waals surface area contributed by atoms with Gasteiger partial charge >= 0.3 is 6.03 Å². The number of nitrogens with one attached hydrogen (secondary N) is 1. The number of benzene rings is 3. The molecule has 4 aromatic rings. The van der Waals surface area contributed by atoms with Gasteiger partial charge in [0.2, 0.25) is 5.91 Å². The molecule has 2 heterocycles. The fourth-order valence-electron chi connectivity index (χ4n) is 5.22. The summed E-state index contributed by atoms with van der Waals surface area (Å²) in [5, 5.41) is 3.64. The van der Waals surface area contributed by atoms with E-state index in [1.807, 2.05) is 96.0 Å². The third kappa shape index (κ3) is 4.56. The third-order valence-corrected chi connectivity index (χ3v) is 7.59. The largest absolute Gasteiger partial charge is 0.322 e. The van der Waals surface area contributed by atoms with Crippen LogP contribution in [0.4, 0.5) is 16.2 Å². The first-order chi connectivity index (χ1) is 18.5. The number of hydrogen-bond acceptors (Lipinski definition) is 2. The van der Waals surface area contributed by atoms with Crippen LogP contribution in [0.3, 0.4) is 0 Å². The predicted molar refractivity (Wildman–Crippen MR) is 151 cm³/mol. The minimum atomic E-state index is -0.352. The van der Waals surface area contributed by atoms with Gasteiger partial charge in [-0.2, -0.15) is 0 Å². The van der Waals surface area contributed by atoms with Crippen LogP contribution >= 0.6 is 11.6 Å². The maximum Gasteiger partial charge on any atom is 0.322 e. The molecule has 1 saturated carbocycles. The SMILES string of the molecule is CCc1ccc(NC(=O)N(CC(=O)N2c3ccccc3-n3cccc3C2c2ccc(Cl)cc2)C2CC2)cc1. The number of amides is 3. The molecule has 3 amide bonds. The minimum Gasteiger partial charge on any atom is -0.316 e. The van der Waals surface area contributed by atoms with Crippen molar-refractivity contribution in [1.82, 2.24) is 9.47 Å². The lowest BCUT2D eigenvalue weighted by Gasteiger charge is -2.39. The molecule has 1 unspecified atom stereocenters. The second-order valence-electron chi connectivity index (χ2n) is 9.85. The number of urea groups is 1. The van der Waals surface area contributed by atoms with E-state index in [4.69, 9.17) is 11.6 Å². The van der Waals surface area contributed by atoms with Gasteiger partial charge < -0.3 is 14.8 Å². The highest BCUT2D eigenvalue weighted by molar-refractivity contribution is 6.30. The van der Waals surface area contributed by atoms with Crippen molar-refractivity contribution in [2.75, 3.05) is 16.8 Å². The number of carbonyl (C=O) groups is 2. The summed E-state index contributed by atoms with van der Waals surface area (Å²) in [5.41, 5.74) is 5.62. The second kappa shape index (κ2) is 10.0. The van der Waals surface area contributed by atoms with E-state index in [0.29, 0.717) is 5.02 Å². The summed E-state index contributed by atoms with van der Waals surface area (Å²) >= 11 is 6.20.